The van der Waals surface area contributed by atoms with Gasteiger partial charge in [-0.3, -0.25) is 5.32 Å². The summed E-state index contributed by atoms with van der Waals surface area (Å²) in [5, 5.41) is 15.3. The fourth-order valence-electron chi connectivity index (χ4n) is 2.05. The maximum absolute atomic E-state index is 12.3. The van der Waals surface area contributed by atoms with E-state index >= 15 is 0 Å². The molecule has 7 nitrogen and oxygen atoms in total. The van der Waals surface area contributed by atoms with Gasteiger partial charge in [-0.15, -0.1) is 10.2 Å². The van der Waals surface area contributed by atoms with Gasteiger partial charge >= 0.3 is 6.03 Å². The summed E-state index contributed by atoms with van der Waals surface area (Å²) < 4.78 is 1.96. The van der Waals surface area contributed by atoms with E-state index < -0.39 is 0 Å². The van der Waals surface area contributed by atoms with Gasteiger partial charge in [-0.05, 0) is 11.8 Å². The van der Waals surface area contributed by atoms with Crippen LogP contribution in [0.2, 0.25) is 0 Å². The Bertz CT molecular complexity index is 616. The second-order valence-electron chi connectivity index (χ2n) is 6.53. The predicted molar refractivity (Wildman–Crippen MR) is 91.5 cm³/mol. The van der Waals surface area contributed by atoms with Crippen molar-refractivity contribution in [2.45, 2.75) is 53.1 Å². The van der Waals surface area contributed by atoms with E-state index in [1.807, 2.05) is 10.8 Å². The van der Waals surface area contributed by atoms with Crippen LogP contribution in [0.1, 0.15) is 39.1 Å². The van der Waals surface area contributed by atoms with Gasteiger partial charge in [-0.2, -0.15) is 0 Å². The first-order valence-corrected chi connectivity index (χ1v) is 8.55. The number of nitrogens with one attached hydrogen (secondary N) is 2. The zero-order chi connectivity index (χ0) is 16.9. The number of hydrogen-bond donors (Lipinski definition) is 2. The molecule has 0 fully saturated rings. The van der Waals surface area contributed by atoms with Crippen LogP contribution >= 0.6 is 11.3 Å². The van der Waals surface area contributed by atoms with Crippen LogP contribution in [0.25, 0.3) is 0 Å². The number of carbonyl (C=O) groups excluding carboxylic acids is 1. The number of aromatic nitrogens is 4. The van der Waals surface area contributed by atoms with Crippen LogP contribution in [0.15, 0.2) is 18.7 Å². The summed E-state index contributed by atoms with van der Waals surface area (Å²) in [7, 11) is 0. The minimum absolute atomic E-state index is 0.0419. The van der Waals surface area contributed by atoms with Crippen molar-refractivity contribution < 1.29 is 4.79 Å². The number of urea groups is 1. The first kappa shape index (κ1) is 17.4. The van der Waals surface area contributed by atoms with Gasteiger partial charge in [0.05, 0.1) is 12.4 Å². The third-order valence-corrected chi connectivity index (χ3v) is 4.35. The lowest BCUT2D eigenvalue weighted by Gasteiger charge is -2.31. The molecule has 0 saturated heterocycles. The first-order chi connectivity index (χ1) is 10.9. The van der Waals surface area contributed by atoms with Crippen LogP contribution in [-0.4, -0.2) is 31.8 Å². The minimum Gasteiger partial charge on any atom is -0.335 e. The lowest BCUT2D eigenvalue weighted by Crippen LogP contribution is -2.47. The highest BCUT2D eigenvalue weighted by Gasteiger charge is 2.27. The zero-order valence-electron chi connectivity index (χ0n) is 14.0. The first-order valence-electron chi connectivity index (χ1n) is 7.74. The van der Waals surface area contributed by atoms with E-state index in [9.17, 15) is 4.79 Å². The molecule has 1 atom stereocenters. The minimum atomic E-state index is -0.260. The van der Waals surface area contributed by atoms with E-state index in [-0.39, 0.29) is 17.5 Å². The van der Waals surface area contributed by atoms with Gasteiger partial charge in [0.25, 0.3) is 0 Å². The summed E-state index contributed by atoms with van der Waals surface area (Å²) in [4.78, 5) is 16.3. The molecule has 0 aromatic carbocycles. The quantitative estimate of drug-likeness (QED) is 0.849. The summed E-state index contributed by atoms with van der Waals surface area (Å²) in [6, 6.07) is -0.302. The van der Waals surface area contributed by atoms with Crippen molar-refractivity contribution in [3.05, 3.63) is 23.7 Å². The molecule has 2 N–H and O–H groups in total. The largest absolute Gasteiger partial charge is 0.335 e. The third kappa shape index (κ3) is 5.31. The number of amides is 2. The van der Waals surface area contributed by atoms with E-state index in [1.165, 1.54) is 11.3 Å². The lowest BCUT2D eigenvalue weighted by molar-refractivity contribution is 0.218. The smallest absolute Gasteiger partial charge is 0.321 e. The summed E-state index contributed by atoms with van der Waals surface area (Å²) in [6.07, 6.45) is 7.26. The average Bonchev–Trinajstić information content (AvgIpc) is 3.09. The van der Waals surface area contributed by atoms with E-state index in [2.05, 4.69) is 53.5 Å². The Morgan fingerprint density at radius 3 is 2.78 bits per heavy atom. The van der Waals surface area contributed by atoms with Crippen LogP contribution in [0.4, 0.5) is 9.93 Å². The van der Waals surface area contributed by atoms with Crippen LogP contribution < -0.4 is 10.6 Å². The molecule has 0 radical (unpaired) electrons. The van der Waals surface area contributed by atoms with E-state index in [0.29, 0.717) is 11.7 Å². The maximum atomic E-state index is 12.3. The number of nitrogens with zero attached hydrogens (tertiary/aromatic N) is 4. The van der Waals surface area contributed by atoms with Crippen molar-refractivity contribution in [1.29, 1.82) is 0 Å². The van der Waals surface area contributed by atoms with Crippen molar-refractivity contribution in [2.75, 3.05) is 5.32 Å². The van der Waals surface area contributed by atoms with Crippen molar-refractivity contribution in [3.8, 4) is 0 Å². The summed E-state index contributed by atoms with van der Waals surface area (Å²) >= 11 is 1.42. The van der Waals surface area contributed by atoms with Crippen molar-refractivity contribution in [1.82, 2.24) is 25.1 Å². The molecular formula is C15H24N6OS. The molecular weight excluding hydrogens is 312 g/mol. The average molecular weight is 336 g/mol. The molecule has 2 heterocycles. The molecule has 2 aromatic heterocycles. The van der Waals surface area contributed by atoms with Gasteiger partial charge in [0.1, 0.15) is 5.01 Å². The standard InChI is InChI=1S/C15H24N6OS/c1-5-6-12-19-20-14(23-12)18-13(22)17-11(15(2,3)4)9-21-8-7-16-10-21/h7-8,10-11H,5-6,9H2,1-4H3,(H2,17,18,20,22). The molecule has 23 heavy (non-hydrogen) atoms. The highest BCUT2D eigenvalue weighted by atomic mass is 32.1. The monoisotopic (exact) mass is 336 g/mol. The molecule has 126 valence electrons. The SMILES string of the molecule is CCCc1nnc(NC(=O)NC(Cn2ccnc2)C(C)(C)C)s1. The number of carbonyl (C=O) groups is 1. The van der Waals surface area contributed by atoms with Crippen molar-refractivity contribution in [3.63, 3.8) is 0 Å². The predicted octanol–water partition coefficient (Wildman–Crippen LogP) is 2.92. The molecule has 0 aliphatic carbocycles. The molecule has 1 unspecified atom stereocenters. The van der Waals surface area contributed by atoms with Gasteiger partial charge in [0, 0.05) is 25.4 Å². The molecule has 0 bridgehead atoms. The topological polar surface area (TPSA) is 84.7 Å². The Kier molecular flexibility index (Phi) is 5.70. The molecule has 2 aromatic rings. The molecule has 2 amide bonds. The Balaban J connectivity index is 1.96. The van der Waals surface area contributed by atoms with Crippen LogP contribution in [0.5, 0.6) is 0 Å². The molecule has 0 aliphatic heterocycles. The van der Waals surface area contributed by atoms with Crippen LogP contribution in [0, 0.1) is 5.41 Å². The number of rotatable bonds is 6. The lowest BCUT2D eigenvalue weighted by atomic mass is 9.86. The summed E-state index contributed by atoms with van der Waals surface area (Å²) in [5.74, 6) is 0. The second kappa shape index (κ2) is 7.54. The Morgan fingerprint density at radius 1 is 1.39 bits per heavy atom. The van der Waals surface area contributed by atoms with Gasteiger partial charge in [-0.25, -0.2) is 9.78 Å². The number of imidazole rings is 1. The van der Waals surface area contributed by atoms with Gasteiger partial charge < -0.3 is 9.88 Å². The third-order valence-electron chi connectivity index (χ3n) is 3.45. The normalized spacial score (nSPS) is 12.9. The molecule has 0 saturated carbocycles. The number of anilines is 1. The molecule has 0 aliphatic rings. The van der Waals surface area contributed by atoms with Crippen LogP contribution in [-0.2, 0) is 13.0 Å². The molecule has 8 heteroatoms. The van der Waals surface area contributed by atoms with Gasteiger partial charge in [-0.1, -0.05) is 39.0 Å². The highest BCUT2D eigenvalue weighted by Crippen LogP contribution is 2.21. The fraction of sp³-hybridized carbons (Fsp3) is 0.600. The number of aryl methyl sites for hydroxylation is 1. The summed E-state index contributed by atoms with van der Waals surface area (Å²) in [6.45, 7) is 9.04. The Labute approximate surface area is 140 Å². The second-order valence-corrected chi connectivity index (χ2v) is 7.59. The Hall–Kier alpha value is -1.96. The van der Waals surface area contributed by atoms with Crippen molar-refractivity contribution >= 4 is 22.5 Å². The zero-order valence-corrected chi connectivity index (χ0v) is 14.9. The van der Waals surface area contributed by atoms with Gasteiger partial charge in [0.2, 0.25) is 5.13 Å². The van der Waals surface area contributed by atoms with Gasteiger partial charge in [0.15, 0.2) is 0 Å². The van der Waals surface area contributed by atoms with Crippen LogP contribution in [0.3, 0.4) is 0 Å². The molecule has 0 spiro atoms. The van der Waals surface area contributed by atoms with E-state index in [4.69, 9.17) is 0 Å². The number of hydrogen-bond acceptors (Lipinski definition) is 5. The summed E-state index contributed by atoms with van der Waals surface area (Å²) in [5.41, 5.74) is -0.0872. The highest BCUT2D eigenvalue weighted by molar-refractivity contribution is 7.15. The Morgan fingerprint density at radius 2 is 2.17 bits per heavy atom. The van der Waals surface area contributed by atoms with Crippen molar-refractivity contribution in [2.24, 2.45) is 5.41 Å². The van der Waals surface area contributed by atoms with E-state index in [1.54, 1.807) is 12.5 Å². The molecule has 2 rings (SSSR count). The van der Waals surface area contributed by atoms with E-state index in [0.717, 1.165) is 17.8 Å². The maximum Gasteiger partial charge on any atom is 0.321 e. The fourth-order valence-corrected chi connectivity index (χ4v) is 2.89.